The number of carbonyl (C=O) groups is 1. The molecule has 0 saturated heterocycles. The molecule has 1 aromatic carbocycles. The van der Waals surface area contributed by atoms with Crippen LogP contribution in [0.25, 0.3) is 0 Å². The highest BCUT2D eigenvalue weighted by molar-refractivity contribution is 6.01. The predicted octanol–water partition coefficient (Wildman–Crippen LogP) is 2.87. The lowest BCUT2D eigenvalue weighted by Gasteiger charge is -2.19. The first-order valence-electron chi connectivity index (χ1n) is 7.64. The van der Waals surface area contributed by atoms with Crippen molar-refractivity contribution in [3.05, 3.63) is 35.5 Å². The van der Waals surface area contributed by atoms with Crippen LogP contribution in [0.2, 0.25) is 0 Å². The molecule has 2 aromatic rings. The van der Waals surface area contributed by atoms with Crippen molar-refractivity contribution in [3.8, 4) is 0 Å². The van der Waals surface area contributed by atoms with Gasteiger partial charge in [0.25, 0.3) is 0 Å². The Morgan fingerprint density at radius 1 is 0.958 bits per heavy atom. The second-order valence-corrected chi connectivity index (χ2v) is 6.15. The standard InChI is InChI=1S/C17H24N6O/c1-11-7-12(2)9-13(8-11)19-17(24)20-14-10-18-16(23(5)6)21-15(14)22(3)4/h7-10H,1-6H3,(H2,19,20,24). The third-order valence-corrected chi connectivity index (χ3v) is 3.31. The van der Waals surface area contributed by atoms with E-state index in [2.05, 4.69) is 26.7 Å². The van der Waals surface area contributed by atoms with E-state index in [-0.39, 0.29) is 6.03 Å². The van der Waals surface area contributed by atoms with Crippen LogP contribution in [0.15, 0.2) is 24.4 Å². The largest absolute Gasteiger partial charge is 0.361 e. The van der Waals surface area contributed by atoms with E-state index in [4.69, 9.17) is 0 Å². The van der Waals surface area contributed by atoms with E-state index in [1.165, 1.54) is 0 Å². The minimum Gasteiger partial charge on any atom is -0.361 e. The highest BCUT2D eigenvalue weighted by Gasteiger charge is 2.13. The van der Waals surface area contributed by atoms with Crippen LogP contribution < -0.4 is 20.4 Å². The molecule has 2 rings (SSSR count). The van der Waals surface area contributed by atoms with Crippen LogP contribution in [0.3, 0.4) is 0 Å². The maximum atomic E-state index is 12.3. The molecule has 0 fully saturated rings. The first-order valence-corrected chi connectivity index (χ1v) is 7.64. The maximum absolute atomic E-state index is 12.3. The topological polar surface area (TPSA) is 73.4 Å². The van der Waals surface area contributed by atoms with Gasteiger partial charge in [-0.1, -0.05) is 6.07 Å². The Hall–Kier alpha value is -2.83. The summed E-state index contributed by atoms with van der Waals surface area (Å²) in [5, 5.41) is 5.65. The number of urea groups is 1. The quantitative estimate of drug-likeness (QED) is 0.903. The zero-order valence-electron chi connectivity index (χ0n) is 15.0. The molecule has 0 spiro atoms. The zero-order valence-corrected chi connectivity index (χ0v) is 15.0. The summed E-state index contributed by atoms with van der Waals surface area (Å²) < 4.78 is 0. The number of anilines is 4. The molecule has 0 atom stereocenters. The van der Waals surface area contributed by atoms with Crippen molar-refractivity contribution in [2.75, 3.05) is 48.6 Å². The fraction of sp³-hybridized carbons (Fsp3) is 0.353. The molecule has 0 radical (unpaired) electrons. The lowest BCUT2D eigenvalue weighted by Crippen LogP contribution is -2.23. The SMILES string of the molecule is Cc1cc(C)cc(NC(=O)Nc2cnc(N(C)C)nc2N(C)C)c1. The molecule has 0 aliphatic heterocycles. The predicted molar refractivity (Wildman–Crippen MR) is 99.2 cm³/mol. The van der Waals surface area contributed by atoms with E-state index in [0.29, 0.717) is 17.5 Å². The number of hydrogen-bond acceptors (Lipinski definition) is 5. The lowest BCUT2D eigenvalue weighted by atomic mass is 10.1. The van der Waals surface area contributed by atoms with Gasteiger partial charge >= 0.3 is 6.03 Å². The van der Waals surface area contributed by atoms with Gasteiger partial charge in [-0.2, -0.15) is 4.98 Å². The van der Waals surface area contributed by atoms with E-state index in [1.807, 2.05) is 64.0 Å². The highest BCUT2D eigenvalue weighted by atomic mass is 16.2. The normalized spacial score (nSPS) is 10.2. The average Bonchev–Trinajstić information content (AvgIpc) is 2.45. The van der Waals surface area contributed by atoms with Crippen molar-refractivity contribution < 1.29 is 4.79 Å². The van der Waals surface area contributed by atoms with Crippen molar-refractivity contribution in [1.82, 2.24) is 9.97 Å². The van der Waals surface area contributed by atoms with E-state index >= 15 is 0 Å². The molecule has 1 heterocycles. The van der Waals surface area contributed by atoms with Crippen molar-refractivity contribution in [1.29, 1.82) is 0 Å². The number of nitrogens with zero attached hydrogens (tertiary/aromatic N) is 4. The number of nitrogens with one attached hydrogen (secondary N) is 2. The molecular weight excluding hydrogens is 304 g/mol. The third-order valence-electron chi connectivity index (χ3n) is 3.31. The van der Waals surface area contributed by atoms with Crippen molar-refractivity contribution in [3.63, 3.8) is 0 Å². The minimum atomic E-state index is -0.329. The van der Waals surface area contributed by atoms with E-state index < -0.39 is 0 Å². The van der Waals surface area contributed by atoms with Gasteiger partial charge in [0, 0.05) is 33.9 Å². The highest BCUT2D eigenvalue weighted by Crippen LogP contribution is 2.23. The molecule has 0 saturated carbocycles. The van der Waals surface area contributed by atoms with Crippen LogP contribution >= 0.6 is 0 Å². The van der Waals surface area contributed by atoms with Gasteiger partial charge in [-0.15, -0.1) is 0 Å². The van der Waals surface area contributed by atoms with Crippen LogP contribution in [0, 0.1) is 13.8 Å². The number of benzene rings is 1. The summed E-state index contributed by atoms with van der Waals surface area (Å²) in [4.78, 5) is 24.7. The monoisotopic (exact) mass is 328 g/mol. The van der Waals surface area contributed by atoms with Crippen molar-refractivity contribution in [2.45, 2.75) is 13.8 Å². The second kappa shape index (κ2) is 7.16. The molecule has 0 unspecified atom stereocenters. The summed E-state index contributed by atoms with van der Waals surface area (Å²) in [5.41, 5.74) is 3.49. The zero-order chi connectivity index (χ0) is 17.9. The van der Waals surface area contributed by atoms with Crippen LogP contribution in [-0.4, -0.2) is 44.2 Å². The third kappa shape index (κ3) is 4.34. The Morgan fingerprint density at radius 3 is 2.12 bits per heavy atom. The second-order valence-electron chi connectivity index (χ2n) is 6.15. The van der Waals surface area contributed by atoms with Crippen LogP contribution in [0.1, 0.15) is 11.1 Å². The van der Waals surface area contributed by atoms with Gasteiger partial charge < -0.3 is 20.4 Å². The molecule has 0 aliphatic rings. The van der Waals surface area contributed by atoms with E-state index in [9.17, 15) is 4.79 Å². The number of aromatic nitrogens is 2. The molecule has 2 amide bonds. The maximum Gasteiger partial charge on any atom is 0.323 e. The summed E-state index contributed by atoms with van der Waals surface area (Å²) in [6.45, 7) is 3.99. The Balaban J connectivity index is 2.19. The van der Waals surface area contributed by atoms with Crippen LogP contribution in [0.4, 0.5) is 27.9 Å². The molecule has 7 nitrogen and oxygen atoms in total. The van der Waals surface area contributed by atoms with Crippen molar-refractivity contribution in [2.24, 2.45) is 0 Å². The van der Waals surface area contributed by atoms with Gasteiger partial charge in [-0.25, -0.2) is 9.78 Å². The van der Waals surface area contributed by atoms with Crippen LogP contribution in [0.5, 0.6) is 0 Å². The molecule has 0 aliphatic carbocycles. The molecule has 0 bridgehead atoms. The first kappa shape index (κ1) is 17.5. The van der Waals surface area contributed by atoms with Gasteiger partial charge in [0.05, 0.1) is 6.20 Å². The average molecular weight is 328 g/mol. The molecule has 1 aromatic heterocycles. The molecule has 2 N–H and O–H groups in total. The van der Waals surface area contributed by atoms with Gasteiger partial charge in [0.1, 0.15) is 5.69 Å². The summed E-state index contributed by atoms with van der Waals surface area (Å²) in [7, 11) is 7.48. The lowest BCUT2D eigenvalue weighted by molar-refractivity contribution is 0.262. The Bertz CT molecular complexity index is 722. The minimum absolute atomic E-state index is 0.329. The number of carbonyl (C=O) groups excluding carboxylic acids is 1. The Kier molecular flexibility index (Phi) is 5.23. The van der Waals surface area contributed by atoms with E-state index in [1.54, 1.807) is 6.20 Å². The van der Waals surface area contributed by atoms with Crippen LogP contribution in [-0.2, 0) is 0 Å². The first-order chi connectivity index (χ1) is 11.3. The summed E-state index contributed by atoms with van der Waals surface area (Å²) in [5.74, 6) is 1.23. The number of aryl methyl sites for hydroxylation is 2. The molecule has 128 valence electrons. The number of amides is 2. The van der Waals surface area contributed by atoms with Crippen molar-refractivity contribution >= 4 is 29.2 Å². The number of rotatable bonds is 4. The van der Waals surface area contributed by atoms with Gasteiger partial charge in [0.2, 0.25) is 5.95 Å². The summed E-state index contributed by atoms with van der Waals surface area (Å²) >= 11 is 0. The van der Waals surface area contributed by atoms with Gasteiger partial charge in [-0.05, 0) is 37.1 Å². The fourth-order valence-electron chi connectivity index (χ4n) is 2.34. The molecule has 24 heavy (non-hydrogen) atoms. The number of hydrogen-bond donors (Lipinski definition) is 2. The fourth-order valence-corrected chi connectivity index (χ4v) is 2.34. The van der Waals surface area contributed by atoms with Gasteiger partial charge in [0.15, 0.2) is 5.82 Å². The molecule has 7 heteroatoms. The Labute approximate surface area is 142 Å². The smallest absolute Gasteiger partial charge is 0.323 e. The summed E-state index contributed by atoms with van der Waals surface area (Å²) in [6, 6.07) is 5.57. The summed E-state index contributed by atoms with van der Waals surface area (Å²) in [6.07, 6.45) is 1.61. The van der Waals surface area contributed by atoms with Gasteiger partial charge in [-0.3, -0.25) is 0 Å². The van der Waals surface area contributed by atoms with E-state index in [0.717, 1.165) is 16.8 Å². The Morgan fingerprint density at radius 2 is 1.58 bits per heavy atom. The molecular formula is C17H24N6O.